The van der Waals surface area contributed by atoms with Crippen LogP contribution in [0.3, 0.4) is 0 Å². The molecule has 1 fully saturated rings. The fourth-order valence-electron chi connectivity index (χ4n) is 3.19. The van der Waals surface area contributed by atoms with Gasteiger partial charge in [0, 0.05) is 6.04 Å². The Bertz CT molecular complexity index is 345. The SMILES string of the molecule is CCNC(c1ccccc1)C1CCC(C)(C)CC1. The molecule has 1 aliphatic rings. The van der Waals surface area contributed by atoms with Crippen molar-refractivity contribution in [2.75, 3.05) is 6.54 Å². The molecule has 1 aliphatic carbocycles. The van der Waals surface area contributed by atoms with Crippen molar-refractivity contribution in [3.8, 4) is 0 Å². The number of benzene rings is 1. The molecule has 2 rings (SSSR count). The average molecular weight is 245 g/mol. The van der Waals surface area contributed by atoms with Crippen LogP contribution in [0.25, 0.3) is 0 Å². The number of hydrogen-bond donors (Lipinski definition) is 1. The molecule has 100 valence electrons. The Kier molecular flexibility index (Phi) is 4.45. The van der Waals surface area contributed by atoms with Crippen LogP contribution in [0.2, 0.25) is 0 Å². The van der Waals surface area contributed by atoms with Gasteiger partial charge in [-0.3, -0.25) is 0 Å². The van der Waals surface area contributed by atoms with Crippen molar-refractivity contribution >= 4 is 0 Å². The second-order valence-electron chi connectivity index (χ2n) is 6.45. The van der Waals surface area contributed by atoms with Gasteiger partial charge in [0.2, 0.25) is 0 Å². The summed E-state index contributed by atoms with van der Waals surface area (Å²) in [6.45, 7) is 8.09. The van der Waals surface area contributed by atoms with E-state index in [1.54, 1.807) is 0 Å². The molecule has 0 bridgehead atoms. The van der Waals surface area contributed by atoms with Gasteiger partial charge in [0.15, 0.2) is 0 Å². The summed E-state index contributed by atoms with van der Waals surface area (Å²) in [4.78, 5) is 0. The summed E-state index contributed by atoms with van der Waals surface area (Å²) in [5, 5.41) is 3.70. The van der Waals surface area contributed by atoms with Crippen molar-refractivity contribution in [2.45, 2.75) is 52.5 Å². The minimum absolute atomic E-state index is 0.548. The molecule has 0 heterocycles. The van der Waals surface area contributed by atoms with Crippen LogP contribution in [0, 0.1) is 11.3 Å². The zero-order valence-corrected chi connectivity index (χ0v) is 12.1. The Morgan fingerprint density at radius 2 is 1.78 bits per heavy atom. The standard InChI is InChI=1S/C17H27N/c1-4-18-16(14-8-6-5-7-9-14)15-10-12-17(2,3)13-11-15/h5-9,15-16,18H,4,10-13H2,1-3H3. The Balaban J connectivity index is 2.07. The second-order valence-corrected chi connectivity index (χ2v) is 6.45. The van der Waals surface area contributed by atoms with E-state index in [0.29, 0.717) is 11.5 Å². The Morgan fingerprint density at radius 3 is 2.33 bits per heavy atom. The van der Waals surface area contributed by atoms with Crippen molar-refractivity contribution in [2.24, 2.45) is 11.3 Å². The molecule has 1 N–H and O–H groups in total. The third kappa shape index (κ3) is 3.35. The average Bonchev–Trinajstić information content (AvgIpc) is 2.38. The molecule has 18 heavy (non-hydrogen) atoms. The van der Waals surface area contributed by atoms with E-state index < -0.39 is 0 Å². The highest BCUT2D eigenvalue weighted by Gasteiger charge is 2.31. The van der Waals surface area contributed by atoms with Crippen LogP contribution >= 0.6 is 0 Å². The minimum atomic E-state index is 0.548. The normalized spacial score (nSPS) is 21.7. The molecule has 0 spiro atoms. The summed E-state index contributed by atoms with van der Waals surface area (Å²) in [6, 6.07) is 11.5. The highest BCUT2D eigenvalue weighted by Crippen LogP contribution is 2.42. The van der Waals surface area contributed by atoms with Crippen molar-refractivity contribution in [1.29, 1.82) is 0 Å². The topological polar surface area (TPSA) is 12.0 Å². The molecule has 0 radical (unpaired) electrons. The van der Waals surface area contributed by atoms with Gasteiger partial charge in [-0.05, 0) is 49.1 Å². The number of nitrogens with one attached hydrogen (secondary N) is 1. The molecule has 1 heteroatoms. The van der Waals surface area contributed by atoms with E-state index in [9.17, 15) is 0 Å². The third-order valence-corrected chi connectivity index (χ3v) is 4.44. The van der Waals surface area contributed by atoms with Crippen LogP contribution in [0.4, 0.5) is 0 Å². The van der Waals surface area contributed by atoms with Crippen molar-refractivity contribution in [1.82, 2.24) is 5.32 Å². The summed E-state index contributed by atoms with van der Waals surface area (Å²) in [7, 11) is 0. The molecular weight excluding hydrogens is 218 g/mol. The Labute approximate surface area is 112 Å². The second kappa shape index (κ2) is 5.88. The first kappa shape index (κ1) is 13.6. The van der Waals surface area contributed by atoms with Gasteiger partial charge in [-0.15, -0.1) is 0 Å². The fourth-order valence-corrected chi connectivity index (χ4v) is 3.19. The number of rotatable bonds is 4. The molecule has 1 nitrogen and oxygen atoms in total. The molecular formula is C17H27N. The van der Waals surface area contributed by atoms with E-state index in [0.717, 1.165) is 12.5 Å². The highest BCUT2D eigenvalue weighted by atomic mass is 14.9. The molecule has 0 saturated heterocycles. The van der Waals surface area contributed by atoms with Crippen LogP contribution in [-0.2, 0) is 0 Å². The third-order valence-electron chi connectivity index (χ3n) is 4.44. The van der Waals surface area contributed by atoms with Gasteiger partial charge in [-0.25, -0.2) is 0 Å². The van der Waals surface area contributed by atoms with Gasteiger partial charge in [-0.2, -0.15) is 0 Å². The molecule has 1 saturated carbocycles. The first-order valence-corrected chi connectivity index (χ1v) is 7.41. The largest absolute Gasteiger partial charge is 0.310 e. The summed E-state index contributed by atoms with van der Waals surface area (Å²) in [5.41, 5.74) is 2.02. The van der Waals surface area contributed by atoms with Gasteiger partial charge in [-0.1, -0.05) is 51.1 Å². The number of hydrogen-bond acceptors (Lipinski definition) is 1. The van der Waals surface area contributed by atoms with Crippen LogP contribution in [-0.4, -0.2) is 6.54 Å². The summed E-state index contributed by atoms with van der Waals surface area (Å²) < 4.78 is 0. The lowest BCUT2D eigenvalue weighted by molar-refractivity contribution is 0.162. The lowest BCUT2D eigenvalue weighted by atomic mass is 9.70. The first-order chi connectivity index (χ1) is 8.62. The van der Waals surface area contributed by atoms with Crippen LogP contribution in [0.1, 0.15) is 58.1 Å². The lowest BCUT2D eigenvalue weighted by Gasteiger charge is -2.38. The van der Waals surface area contributed by atoms with Crippen LogP contribution in [0.15, 0.2) is 30.3 Å². The van der Waals surface area contributed by atoms with Crippen molar-refractivity contribution in [3.63, 3.8) is 0 Å². The predicted octanol–water partition coefficient (Wildman–Crippen LogP) is 4.55. The fraction of sp³-hybridized carbons (Fsp3) is 0.647. The molecule has 0 aliphatic heterocycles. The van der Waals surface area contributed by atoms with Crippen LogP contribution in [0.5, 0.6) is 0 Å². The maximum absolute atomic E-state index is 3.70. The molecule has 0 aromatic heterocycles. The molecule has 0 amide bonds. The summed E-state index contributed by atoms with van der Waals surface area (Å²) >= 11 is 0. The highest BCUT2D eigenvalue weighted by molar-refractivity contribution is 5.20. The monoisotopic (exact) mass is 245 g/mol. The van der Waals surface area contributed by atoms with E-state index >= 15 is 0 Å². The van der Waals surface area contributed by atoms with E-state index in [2.05, 4.69) is 56.4 Å². The van der Waals surface area contributed by atoms with Crippen LogP contribution < -0.4 is 5.32 Å². The minimum Gasteiger partial charge on any atom is -0.310 e. The van der Waals surface area contributed by atoms with E-state index in [4.69, 9.17) is 0 Å². The van der Waals surface area contributed by atoms with Crippen molar-refractivity contribution < 1.29 is 0 Å². The van der Waals surface area contributed by atoms with Crippen molar-refractivity contribution in [3.05, 3.63) is 35.9 Å². The molecule has 1 unspecified atom stereocenters. The Hall–Kier alpha value is -0.820. The molecule has 1 aromatic carbocycles. The Morgan fingerprint density at radius 1 is 1.17 bits per heavy atom. The maximum Gasteiger partial charge on any atom is 0.0348 e. The van der Waals surface area contributed by atoms with Gasteiger partial charge in [0.05, 0.1) is 0 Å². The zero-order chi connectivity index (χ0) is 13.0. The van der Waals surface area contributed by atoms with E-state index in [-0.39, 0.29) is 0 Å². The van der Waals surface area contributed by atoms with Gasteiger partial charge >= 0.3 is 0 Å². The summed E-state index contributed by atoms with van der Waals surface area (Å²) in [6.07, 6.45) is 5.46. The maximum atomic E-state index is 3.70. The predicted molar refractivity (Wildman–Crippen MR) is 78.6 cm³/mol. The lowest BCUT2D eigenvalue weighted by Crippen LogP contribution is -2.32. The van der Waals surface area contributed by atoms with Gasteiger partial charge in [0.25, 0.3) is 0 Å². The summed E-state index contributed by atoms with van der Waals surface area (Å²) in [5.74, 6) is 0.806. The van der Waals surface area contributed by atoms with Gasteiger partial charge < -0.3 is 5.32 Å². The smallest absolute Gasteiger partial charge is 0.0348 e. The quantitative estimate of drug-likeness (QED) is 0.820. The van der Waals surface area contributed by atoms with E-state index in [1.165, 1.54) is 31.2 Å². The zero-order valence-electron chi connectivity index (χ0n) is 12.1. The molecule has 1 atom stereocenters. The van der Waals surface area contributed by atoms with Gasteiger partial charge in [0.1, 0.15) is 0 Å². The molecule has 1 aromatic rings. The van der Waals surface area contributed by atoms with E-state index in [1.807, 2.05) is 0 Å². The first-order valence-electron chi connectivity index (χ1n) is 7.41.